The minimum absolute atomic E-state index is 0.862. The molecule has 5 rings (SSSR count). The summed E-state index contributed by atoms with van der Waals surface area (Å²) in [4.78, 5) is 0. The first kappa shape index (κ1) is 13.3. The Labute approximate surface area is 133 Å². The van der Waals surface area contributed by atoms with Gasteiger partial charge in [-0.1, -0.05) is 6.42 Å². The summed E-state index contributed by atoms with van der Waals surface area (Å²) in [7, 11) is 0. The van der Waals surface area contributed by atoms with Crippen LogP contribution in [0.25, 0.3) is 0 Å². The fraction of sp³-hybridized carbons (Fsp3) is 0.895. The molecule has 0 aromatic heterocycles. The minimum atomic E-state index is 0.862. The molecule has 0 amide bonds. The predicted octanol–water partition coefficient (Wildman–Crippen LogP) is 5.02. The molecule has 1 nitrogen and oxygen atoms in total. The second-order valence-corrected chi connectivity index (χ2v) is 9.71. The largest absolute Gasteiger partial charge is 0.501 e. The molecule has 116 valence electrons. The quantitative estimate of drug-likeness (QED) is 0.677. The highest BCUT2D eigenvalue weighted by Gasteiger charge is 2.62. The van der Waals surface area contributed by atoms with E-state index in [1.54, 1.807) is 24.8 Å². The first-order chi connectivity index (χ1) is 10.4. The molecule has 5 aliphatic rings. The van der Waals surface area contributed by atoms with Crippen molar-refractivity contribution in [2.24, 2.45) is 29.6 Å². The molecule has 2 saturated heterocycles. The van der Waals surface area contributed by atoms with Crippen molar-refractivity contribution in [2.75, 3.05) is 6.61 Å². The molecule has 7 atom stereocenters. The van der Waals surface area contributed by atoms with Gasteiger partial charge < -0.3 is 4.74 Å². The summed E-state index contributed by atoms with van der Waals surface area (Å²) in [6.45, 7) is 1.01. The van der Waals surface area contributed by atoms with Crippen LogP contribution in [0.3, 0.4) is 0 Å². The third-order valence-corrected chi connectivity index (χ3v) is 9.11. The smallest absolute Gasteiger partial charge is 0.0912 e. The van der Waals surface area contributed by atoms with Crippen LogP contribution in [0.2, 0.25) is 0 Å². The number of allylic oxidation sites excluding steroid dienone is 1. The molecular weight excluding hydrogens is 276 g/mol. The first-order valence-corrected chi connectivity index (χ1v) is 10.3. The Morgan fingerprint density at radius 3 is 2.67 bits per heavy atom. The molecule has 4 bridgehead atoms. The Morgan fingerprint density at radius 2 is 1.81 bits per heavy atom. The lowest BCUT2D eigenvalue weighted by molar-refractivity contribution is 0.108. The molecule has 0 aromatic carbocycles. The van der Waals surface area contributed by atoms with E-state index in [1.165, 1.54) is 38.5 Å². The molecule has 0 radical (unpaired) electrons. The van der Waals surface area contributed by atoms with Gasteiger partial charge in [-0.25, -0.2) is 0 Å². The van der Waals surface area contributed by atoms with E-state index in [2.05, 4.69) is 18.0 Å². The van der Waals surface area contributed by atoms with Gasteiger partial charge >= 0.3 is 0 Å². The van der Waals surface area contributed by atoms with Crippen molar-refractivity contribution in [1.29, 1.82) is 0 Å². The van der Waals surface area contributed by atoms with Crippen molar-refractivity contribution in [3.8, 4) is 0 Å². The Kier molecular flexibility index (Phi) is 3.31. The van der Waals surface area contributed by atoms with E-state index in [-0.39, 0.29) is 0 Å². The molecule has 5 fully saturated rings. The molecule has 3 aliphatic carbocycles. The van der Waals surface area contributed by atoms with E-state index in [4.69, 9.17) is 4.74 Å². The third kappa shape index (κ3) is 2.11. The zero-order valence-corrected chi connectivity index (χ0v) is 13.8. The van der Waals surface area contributed by atoms with Gasteiger partial charge in [0.2, 0.25) is 0 Å². The number of hydrogen-bond acceptors (Lipinski definition) is 2. The van der Waals surface area contributed by atoms with Crippen LogP contribution in [0.15, 0.2) is 11.8 Å². The summed E-state index contributed by atoms with van der Waals surface area (Å²) in [5.41, 5.74) is 1.58. The van der Waals surface area contributed by atoms with Crippen LogP contribution in [-0.4, -0.2) is 17.1 Å². The van der Waals surface area contributed by atoms with Crippen molar-refractivity contribution >= 4 is 11.8 Å². The monoisotopic (exact) mass is 304 g/mol. The van der Waals surface area contributed by atoms with Crippen molar-refractivity contribution in [1.82, 2.24) is 0 Å². The Balaban J connectivity index is 1.21. The summed E-state index contributed by atoms with van der Waals surface area (Å²) >= 11 is 2.36. The topological polar surface area (TPSA) is 9.23 Å². The SMILES string of the molecule is C(OCC1CC2SC1C1C3CCC(C3)C21)=C1CCCCC1. The highest BCUT2D eigenvalue weighted by atomic mass is 32.2. The van der Waals surface area contributed by atoms with Crippen LogP contribution in [0.4, 0.5) is 0 Å². The maximum atomic E-state index is 6.06. The number of fused-ring (bicyclic) bond motifs is 9. The molecule has 7 unspecified atom stereocenters. The summed E-state index contributed by atoms with van der Waals surface area (Å²) < 4.78 is 6.06. The van der Waals surface area contributed by atoms with Crippen LogP contribution in [0.5, 0.6) is 0 Å². The highest BCUT2D eigenvalue weighted by Crippen LogP contribution is 2.68. The van der Waals surface area contributed by atoms with Gasteiger partial charge in [-0.2, -0.15) is 11.8 Å². The molecule has 0 N–H and O–H groups in total. The van der Waals surface area contributed by atoms with Crippen molar-refractivity contribution in [2.45, 2.75) is 68.3 Å². The lowest BCUT2D eigenvalue weighted by atomic mass is 9.68. The zero-order valence-electron chi connectivity index (χ0n) is 13.0. The van der Waals surface area contributed by atoms with E-state index in [0.29, 0.717) is 0 Å². The standard InChI is InChI=1S/C19H28OS/c1-2-4-12(5-3-1)10-20-11-15-9-16-17-13-6-7-14(8-13)18(17)19(15)21-16/h10,13-19H,1-9,11H2. The molecule has 2 heteroatoms. The fourth-order valence-corrected chi connectivity index (χ4v) is 8.79. The van der Waals surface area contributed by atoms with E-state index < -0.39 is 0 Å². The Hall–Kier alpha value is -0.110. The molecule has 21 heavy (non-hydrogen) atoms. The van der Waals surface area contributed by atoms with Gasteiger partial charge in [0.15, 0.2) is 0 Å². The molecule has 0 spiro atoms. The molecular formula is C19H28OS. The molecule has 0 aromatic rings. The van der Waals surface area contributed by atoms with Crippen LogP contribution in [0, 0.1) is 29.6 Å². The fourth-order valence-electron chi connectivity index (χ4n) is 6.45. The van der Waals surface area contributed by atoms with Gasteiger partial charge in [-0.15, -0.1) is 0 Å². The predicted molar refractivity (Wildman–Crippen MR) is 88.2 cm³/mol. The number of rotatable bonds is 3. The molecule has 2 aliphatic heterocycles. The van der Waals surface area contributed by atoms with E-state index in [9.17, 15) is 0 Å². The second-order valence-electron chi connectivity index (χ2n) is 8.29. The van der Waals surface area contributed by atoms with Crippen LogP contribution < -0.4 is 0 Å². The van der Waals surface area contributed by atoms with Gasteiger partial charge in [-0.05, 0) is 80.6 Å². The third-order valence-electron chi connectivity index (χ3n) is 7.24. The Morgan fingerprint density at radius 1 is 1.00 bits per heavy atom. The summed E-state index contributed by atoms with van der Waals surface area (Å²) in [6.07, 6.45) is 15.1. The van der Waals surface area contributed by atoms with Gasteiger partial charge in [0, 0.05) is 16.4 Å². The lowest BCUT2D eigenvalue weighted by Crippen LogP contribution is -2.38. The van der Waals surface area contributed by atoms with E-state index in [0.717, 1.165) is 46.7 Å². The lowest BCUT2D eigenvalue weighted by Gasteiger charge is -2.37. The zero-order chi connectivity index (χ0) is 13.8. The number of thioether (sulfide) groups is 1. The van der Waals surface area contributed by atoms with Gasteiger partial charge in [0.25, 0.3) is 0 Å². The number of ether oxygens (including phenoxy) is 1. The minimum Gasteiger partial charge on any atom is -0.501 e. The van der Waals surface area contributed by atoms with Gasteiger partial charge in [0.1, 0.15) is 0 Å². The Bertz CT molecular complexity index is 437. The van der Waals surface area contributed by atoms with Crippen molar-refractivity contribution < 1.29 is 4.74 Å². The van der Waals surface area contributed by atoms with Crippen LogP contribution in [0.1, 0.15) is 57.8 Å². The van der Waals surface area contributed by atoms with Gasteiger partial charge in [0.05, 0.1) is 12.9 Å². The summed E-state index contributed by atoms with van der Waals surface area (Å²) in [5.74, 6) is 5.28. The molecule has 3 saturated carbocycles. The normalized spacial score (nSPS) is 50.5. The van der Waals surface area contributed by atoms with Crippen LogP contribution in [-0.2, 0) is 4.74 Å². The first-order valence-electron chi connectivity index (χ1n) is 9.35. The second kappa shape index (κ2) is 5.22. The van der Waals surface area contributed by atoms with Crippen LogP contribution >= 0.6 is 11.8 Å². The summed E-state index contributed by atoms with van der Waals surface area (Å²) in [6, 6.07) is 0. The molecule has 2 heterocycles. The highest BCUT2D eigenvalue weighted by molar-refractivity contribution is 8.01. The van der Waals surface area contributed by atoms with E-state index >= 15 is 0 Å². The average Bonchev–Trinajstić information content (AvgIpc) is 3.27. The maximum absolute atomic E-state index is 6.06. The van der Waals surface area contributed by atoms with Crippen molar-refractivity contribution in [3.05, 3.63) is 11.8 Å². The maximum Gasteiger partial charge on any atom is 0.0912 e. The summed E-state index contributed by atoms with van der Waals surface area (Å²) in [5, 5.41) is 1.96. The average molecular weight is 304 g/mol. The van der Waals surface area contributed by atoms with Crippen molar-refractivity contribution in [3.63, 3.8) is 0 Å². The van der Waals surface area contributed by atoms with Gasteiger partial charge in [-0.3, -0.25) is 0 Å². The van der Waals surface area contributed by atoms with E-state index in [1.807, 2.05) is 0 Å². The number of hydrogen-bond donors (Lipinski definition) is 0.